The van der Waals surface area contributed by atoms with Crippen molar-refractivity contribution in [1.82, 2.24) is 15.5 Å². The average molecular weight is 390 g/mol. The number of amides is 4. The average Bonchev–Trinajstić information content (AvgIpc) is 2.85. The number of hydrogen-bond acceptors (Lipinski definition) is 3. The second-order valence-corrected chi connectivity index (χ2v) is 6.80. The first-order valence-corrected chi connectivity index (χ1v) is 8.59. The Hall–Kier alpha value is -2.93. The highest BCUT2D eigenvalue weighted by molar-refractivity contribution is 6.30. The van der Waals surface area contributed by atoms with E-state index in [2.05, 4.69) is 10.6 Å². The maximum atomic E-state index is 13.1. The van der Waals surface area contributed by atoms with Gasteiger partial charge in [-0.2, -0.15) is 0 Å². The Balaban J connectivity index is 1.66. The third kappa shape index (κ3) is 3.93. The van der Waals surface area contributed by atoms with E-state index in [1.807, 2.05) is 0 Å². The zero-order chi connectivity index (χ0) is 19.6. The predicted octanol–water partition coefficient (Wildman–Crippen LogP) is 2.56. The molecule has 3 rings (SSSR count). The third-order valence-electron chi connectivity index (χ3n) is 4.38. The summed E-state index contributed by atoms with van der Waals surface area (Å²) < 4.78 is 13.1. The molecule has 0 radical (unpaired) electrons. The number of hydrogen-bond donors (Lipinski definition) is 2. The number of carbonyl (C=O) groups excluding carboxylic acids is 3. The van der Waals surface area contributed by atoms with Gasteiger partial charge in [-0.05, 0) is 42.3 Å². The van der Waals surface area contributed by atoms with E-state index in [0.717, 1.165) is 10.5 Å². The number of halogens is 2. The van der Waals surface area contributed by atoms with Crippen molar-refractivity contribution in [2.45, 2.75) is 19.0 Å². The van der Waals surface area contributed by atoms with Gasteiger partial charge in [-0.1, -0.05) is 35.9 Å². The molecule has 1 atom stereocenters. The SMILES string of the molecule is CC1(c2ccc(F)cc2)NC(=O)N(CC(=O)NCc2cccc(Cl)c2)C1=O. The molecule has 1 aliphatic heterocycles. The van der Waals surface area contributed by atoms with Crippen LogP contribution in [0, 0.1) is 5.82 Å². The normalized spacial score (nSPS) is 19.1. The third-order valence-corrected chi connectivity index (χ3v) is 4.61. The van der Waals surface area contributed by atoms with Crippen LogP contribution in [0.4, 0.5) is 9.18 Å². The first kappa shape index (κ1) is 18.8. The van der Waals surface area contributed by atoms with E-state index in [4.69, 9.17) is 11.6 Å². The van der Waals surface area contributed by atoms with Crippen molar-refractivity contribution in [3.05, 3.63) is 70.5 Å². The lowest BCUT2D eigenvalue weighted by atomic mass is 9.92. The first-order chi connectivity index (χ1) is 12.8. The number of rotatable bonds is 5. The molecule has 0 aromatic heterocycles. The van der Waals surface area contributed by atoms with Crippen molar-refractivity contribution in [2.75, 3.05) is 6.54 Å². The van der Waals surface area contributed by atoms with Gasteiger partial charge >= 0.3 is 6.03 Å². The van der Waals surface area contributed by atoms with Crippen molar-refractivity contribution in [3.63, 3.8) is 0 Å². The molecule has 6 nitrogen and oxygen atoms in total. The van der Waals surface area contributed by atoms with E-state index in [9.17, 15) is 18.8 Å². The lowest BCUT2D eigenvalue weighted by Gasteiger charge is -2.22. The second kappa shape index (κ2) is 7.36. The molecule has 2 N–H and O–H groups in total. The molecule has 1 unspecified atom stereocenters. The first-order valence-electron chi connectivity index (χ1n) is 8.21. The molecule has 4 amide bonds. The highest BCUT2D eigenvalue weighted by atomic mass is 35.5. The van der Waals surface area contributed by atoms with E-state index in [-0.39, 0.29) is 6.54 Å². The summed E-state index contributed by atoms with van der Waals surface area (Å²) in [7, 11) is 0. The Morgan fingerprint density at radius 2 is 1.93 bits per heavy atom. The molecule has 0 saturated carbocycles. The maximum absolute atomic E-state index is 13.1. The molecule has 0 aliphatic carbocycles. The van der Waals surface area contributed by atoms with Crippen LogP contribution in [0.25, 0.3) is 0 Å². The van der Waals surface area contributed by atoms with Crippen LogP contribution in [0.2, 0.25) is 5.02 Å². The lowest BCUT2D eigenvalue weighted by Crippen LogP contribution is -2.43. The highest BCUT2D eigenvalue weighted by Crippen LogP contribution is 2.28. The Morgan fingerprint density at radius 3 is 2.59 bits per heavy atom. The number of carbonyl (C=O) groups is 3. The van der Waals surface area contributed by atoms with E-state index < -0.39 is 35.7 Å². The standard InChI is InChI=1S/C19H17ClFN3O3/c1-19(13-5-7-15(21)8-6-13)17(26)24(18(27)23-19)11-16(25)22-10-12-3-2-4-14(20)9-12/h2-9H,10-11H2,1H3,(H,22,25)(H,23,27). The molecule has 1 aliphatic rings. The van der Waals surface area contributed by atoms with Crippen LogP contribution >= 0.6 is 11.6 Å². The van der Waals surface area contributed by atoms with Crippen molar-refractivity contribution >= 4 is 29.4 Å². The van der Waals surface area contributed by atoms with E-state index in [1.165, 1.54) is 31.2 Å². The van der Waals surface area contributed by atoms with Crippen LogP contribution in [-0.2, 0) is 21.7 Å². The molecule has 0 spiro atoms. The minimum absolute atomic E-state index is 0.221. The number of nitrogens with zero attached hydrogens (tertiary/aromatic N) is 1. The number of imide groups is 1. The monoisotopic (exact) mass is 389 g/mol. The van der Waals surface area contributed by atoms with Crippen molar-refractivity contribution in [2.24, 2.45) is 0 Å². The zero-order valence-corrected chi connectivity index (χ0v) is 15.2. The highest BCUT2D eigenvalue weighted by Gasteiger charge is 2.49. The van der Waals surface area contributed by atoms with Crippen LogP contribution in [0.15, 0.2) is 48.5 Å². The Bertz CT molecular complexity index is 903. The van der Waals surface area contributed by atoms with Gasteiger partial charge in [-0.15, -0.1) is 0 Å². The zero-order valence-electron chi connectivity index (χ0n) is 14.5. The number of urea groups is 1. The fourth-order valence-corrected chi connectivity index (χ4v) is 3.08. The minimum atomic E-state index is -1.35. The van der Waals surface area contributed by atoms with Crippen LogP contribution in [0.3, 0.4) is 0 Å². The summed E-state index contributed by atoms with van der Waals surface area (Å²) in [4.78, 5) is 38.0. The van der Waals surface area contributed by atoms with E-state index in [0.29, 0.717) is 10.6 Å². The van der Waals surface area contributed by atoms with Gasteiger partial charge in [0, 0.05) is 11.6 Å². The number of nitrogens with one attached hydrogen (secondary N) is 2. The quantitative estimate of drug-likeness (QED) is 0.771. The molecule has 8 heteroatoms. The topological polar surface area (TPSA) is 78.5 Å². The van der Waals surface area contributed by atoms with Gasteiger partial charge in [0.1, 0.15) is 17.9 Å². The van der Waals surface area contributed by atoms with Gasteiger partial charge in [-0.3, -0.25) is 14.5 Å². The maximum Gasteiger partial charge on any atom is 0.325 e. The minimum Gasteiger partial charge on any atom is -0.350 e. The summed E-state index contributed by atoms with van der Waals surface area (Å²) >= 11 is 5.89. The fourth-order valence-electron chi connectivity index (χ4n) is 2.87. The van der Waals surface area contributed by atoms with Crippen molar-refractivity contribution < 1.29 is 18.8 Å². The Morgan fingerprint density at radius 1 is 1.22 bits per heavy atom. The molecule has 0 bridgehead atoms. The van der Waals surface area contributed by atoms with Crippen LogP contribution in [0.5, 0.6) is 0 Å². The lowest BCUT2D eigenvalue weighted by molar-refractivity contribution is -0.134. The smallest absolute Gasteiger partial charge is 0.325 e. The summed E-state index contributed by atoms with van der Waals surface area (Å²) in [5.74, 6) is -1.50. The van der Waals surface area contributed by atoms with Gasteiger partial charge in [0.15, 0.2) is 0 Å². The molecular formula is C19H17ClFN3O3. The van der Waals surface area contributed by atoms with Gasteiger partial charge in [0.25, 0.3) is 5.91 Å². The summed E-state index contributed by atoms with van der Waals surface area (Å²) in [6, 6.07) is 11.6. The second-order valence-electron chi connectivity index (χ2n) is 6.36. The number of benzene rings is 2. The van der Waals surface area contributed by atoms with E-state index in [1.54, 1.807) is 24.3 Å². The van der Waals surface area contributed by atoms with Gasteiger partial charge in [0.05, 0.1) is 0 Å². The summed E-state index contributed by atoms with van der Waals surface area (Å²) in [5.41, 5.74) is -0.119. The molecule has 1 fully saturated rings. The van der Waals surface area contributed by atoms with Crippen LogP contribution in [-0.4, -0.2) is 29.3 Å². The van der Waals surface area contributed by atoms with Crippen molar-refractivity contribution in [1.29, 1.82) is 0 Å². The Labute approximate surface area is 160 Å². The predicted molar refractivity (Wildman–Crippen MR) is 97.3 cm³/mol. The summed E-state index contributed by atoms with van der Waals surface area (Å²) in [6.07, 6.45) is 0. The Kier molecular flexibility index (Phi) is 5.14. The van der Waals surface area contributed by atoms with Gasteiger partial charge < -0.3 is 10.6 Å². The van der Waals surface area contributed by atoms with Gasteiger partial charge in [0.2, 0.25) is 5.91 Å². The molecule has 1 saturated heterocycles. The molecule has 2 aromatic rings. The molecule has 2 aromatic carbocycles. The van der Waals surface area contributed by atoms with Crippen LogP contribution < -0.4 is 10.6 Å². The summed E-state index contributed by atoms with van der Waals surface area (Å²) in [5, 5.41) is 5.76. The summed E-state index contributed by atoms with van der Waals surface area (Å²) in [6.45, 7) is 1.32. The largest absolute Gasteiger partial charge is 0.350 e. The van der Waals surface area contributed by atoms with Gasteiger partial charge in [-0.25, -0.2) is 9.18 Å². The molecule has 1 heterocycles. The molecule has 140 valence electrons. The van der Waals surface area contributed by atoms with E-state index >= 15 is 0 Å². The molecular weight excluding hydrogens is 373 g/mol. The van der Waals surface area contributed by atoms with Crippen molar-refractivity contribution in [3.8, 4) is 0 Å². The van der Waals surface area contributed by atoms with Crippen LogP contribution in [0.1, 0.15) is 18.1 Å². The fraction of sp³-hybridized carbons (Fsp3) is 0.211. The molecule has 27 heavy (non-hydrogen) atoms.